The maximum atomic E-state index is 15.0. The fourth-order valence-corrected chi connectivity index (χ4v) is 4.98. The van der Waals surface area contributed by atoms with Crippen molar-refractivity contribution in [3.8, 4) is 0 Å². The fourth-order valence-electron chi connectivity index (χ4n) is 4.84. The van der Waals surface area contributed by atoms with Crippen LogP contribution in [0, 0.1) is 12.7 Å². The fraction of sp³-hybridized carbons (Fsp3) is 0.609. The van der Waals surface area contributed by atoms with Crippen LogP contribution in [-0.4, -0.2) is 63.4 Å². The number of anilines is 1. The molecule has 4 rings (SSSR count). The largest absolute Gasteiger partial charge is 0.444 e. The van der Waals surface area contributed by atoms with Gasteiger partial charge in [0.1, 0.15) is 11.4 Å². The van der Waals surface area contributed by atoms with Crippen LogP contribution in [-0.2, 0) is 11.2 Å². The van der Waals surface area contributed by atoms with E-state index in [0.717, 1.165) is 24.1 Å². The molecule has 0 radical (unpaired) electrons. The Morgan fingerprint density at radius 3 is 2.56 bits per heavy atom. The molecule has 2 bridgehead atoms. The van der Waals surface area contributed by atoms with Crippen molar-refractivity contribution in [1.82, 2.24) is 14.9 Å². The summed E-state index contributed by atoms with van der Waals surface area (Å²) in [5, 5.41) is 10.2. The van der Waals surface area contributed by atoms with Crippen LogP contribution in [0.2, 0.25) is 5.15 Å². The number of amides is 1. The maximum Gasteiger partial charge on any atom is 0.410 e. The summed E-state index contributed by atoms with van der Waals surface area (Å²) in [6.45, 7) is 8.64. The number of ether oxygens (including phenoxy) is 1. The van der Waals surface area contributed by atoms with Gasteiger partial charge in [0.25, 0.3) is 0 Å². The van der Waals surface area contributed by atoms with Crippen molar-refractivity contribution in [2.75, 3.05) is 24.6 Å². The first kappa shape index (κ1) is 23.0. The smallest absolute Gasteiger partial charge is 0.410 e. The predicted octanol–water partition coefficient (Wildman–Crippen LogP) is 4.24. The zero-order valence-corrected chi connectivity index (χ0v) is 19.7. The standard InChI is InChI=1S/C23H30ClFN4O3/c1-13-17(6-5-9-30)27-21(16-10-26-20(24)19(25)18(13)16)28-11-14-7-8-15(12-28)29(14)22(31)32-23(2,3)4/h10,14-15,30H,5-9,11-12H2,1-4H3. The van der Waals surface area contributed by atoms with E-state index in [1.807, 2.05) is 32.6 Å². The molecule has 0 spiro atoms. The first-order chi connectivity index (χ1) is 15.1. The topological polar surface area (TPSA) is 78.8 Å². The summed E-state index contributed by atoms with van der Waals surface area (Å²) in [5.74, 6) is 0.105. The second-order valence-electron chi connectivity index (χ2n) is 9.66. The number of carbonyl (C=O) groups is 1. The SMILES string of the molecule is Cc1c(CCCO)nc(N2CC3CCC(C2)N3C(=O)OC(C)(C)C)c2cnc(Cl)c(F)c12. The van der Waals surface area contributed by atoms with Crippen LogP contribution in [0.25, 0.3) is 10.8 Å². The number of rotatable bonds is 4. The molecule has 0 aromatic carbocycles. The van der Waals surface area contributed by atoms with Crippen LogP contribution in [0.4, 0.5) is 15.0 Å². The Balaban J connectivity index is 1.71. The highest BCUT2D eigenvalue weighted by Crippen LogP contribution is 2.38. The molecular formula is C23H30ClFN4O3. The van der Waals surface area contributed by atoms with Gasteiger partial charge in [-0.15, -0.1) is 0 Å². The number of aryl methyl sites for hydroxylation is 2. The van der Waals surface area contributed by atoms with Crippen LogP contribution in [0.5, 0.6) is 0 Å². The van der Waals surface area contributed by atoms with Gasteiger partial charge in [0.15, 0.2) is 11.0 Å². The van der Waals surface area contributed by atoms with E-state index < -0.39 is 11.4 Å². The van der Waals surface area contributed by atoms with Gasteiger partial charge in [-0.1, -0.05) is 11.6 Å². The first-order valence-corrected chi connectivity index (χ1v) is 11.5. The molecule has 2 atom stereocenters. The first-order valence-electron chi connectivity index (χ1n) is 11.1. The van der Waals surface area contributed by atoms with E-state index >= 15 is 4.39 Å². The van der Waals surface area contributed by atoms with Gasteiger partial charge < -0.3 is 14.7 Å². The van der Waals surface area contributed by atoms with Crippen molar-refractivity contribution in [3.05, 3.63) is 28.4 Å². The average molecular weight is 465 g/mol. The van der Waals surface area contributed by atoms with E-state index in [4.69, 9.17) is 21.3 Å². The normalized spacial score (nSPS) is 20.8. The van der Waals surface area contributed by atoms with Crippen molar-refractivity contribution in [3.63, 3.8) is 0 Å². The molecule has 2 aromatic heterocycles. The molecule has 2 unspecified atom stereocenters. The van der Waals surface area contributed by atoms with Gasteiger partial charge in [0, 0.05) is 42.4 Å². The summed E-state index contributed by atoms with van der Waals surface area (Å²) < 4.78 is 20.7. The molecule has 9 heteroatoms. The van der Waals surface area contributed by atoms with Gasteiger partial charge in [0.2, 0.25) is 0 Å². The van der Waals surface area contributed by atoms with E-state index in [2.05, 4.69) is 9.88 Å². The van der Waals surface area contributed by atoms with Gasteiger partial charge in [-0.05, 0) is 58.9 Å². The third-order valence-electron chi connectivity index (χ3n) is 6.22. The summed E-state index contributed by atoms with van der Waals surface area (Å²) in [4.78, 5) is 25.7. The summed E-state index contributed by atoms with van der Waals surface area (Å²) >= 11 is 6.00. The Morgan fingerprint density at radius 2 is 1.97 bits per heavy atom. The van der Waals surface area contributed by atoms with E-state index in [0.29, 0.717) is 42.5 Å². The molecule has 2 saturated heterocycles. The second-order valence-corrected chi connectivity index (χ2v) is 10.0. The van der Waals surface area contributed by atoms with E-state index in [9.17, 15) is 9.90 Å². The lowest BCUT2D eigenvalue weighted by molar-refractivity contribution is 0.0123. The Morgan fingerprint density at radius 1 is 1.31 bits per heavy atom. The van der Waals surface area contributed by atoms with Crippen LogP contribution in [0.3, 0.4) is 0 Å². The van der Waals surface area contributed by atoms with Gasteiger partial charge >= 0.3 is 6.09 Å². The summed E-state index contributed by atoms with van der Waals surface area (Å²) in [6, 6.07) is 0.0144. The number of hydrogen-bond acceptors (Lipinski definition) is 6. The highest BCUT2D eigenvalue weighted by atomic mass is 35.5. The molecule has 174 valence electrons. The molecule has 32 heavy (non-hydrogen) atoms. The quantitative estimate of drug-likeness (QED) is 0.682. The number of pyridine rings is 2. The summed E-state index contributed by atoms with van der Waals surface area (Å²) in [5.41, 5.74) is 0.908. The number of aliphatic hydroxyl groups excluding tert-OH is 1. The lowest BCUT2D eigenvalue weighted by Crippen LogP contribution is -2.57. The minimum Gasteiger partial charge on any atom is -0.444 e. The third kappa shape index (κ3) is 4.22. The number of hydrogen-bond donors (Lipinski definition) is 1. The molecule has 2 aromatic rings. The van der Waals surface area contributed by atoms with Gasteiger partial charge in [-0.25, -0.2) is 19.2 Å². The molecule has 0 saturated carbocycles. The molecule has 1 N–H and O–H groups in total. The van der Waals surface area contributed by atoms with Crippen molar-refractivity contribution in [1.29, 1.82) is 0 Å². The minimum atomic E-state index is -0.550. The molecule has 1 amide bonds. The highest BCUT2D eigenvalue weighted by molar-refractivity contribution is 6.30. The Labute approximate surface area is 192 Å². The van der Waals surface area contributed by atoms with Crippen LogP contribution >= 0.6 is 11.6 Å². The highest BCUT2D eigenvalue weighted by Gasteiger charge is 2.45. The van der Waals surface area contributed by atoms with Crippen LogP contribution in [0.1, 0.15) is 51.3 Å². The van der Waals surface area contributed by atoms with Crippen molar-refractivity contribution >= 4 is 34.3 Å². The third-order valence-corrected chi connectivity index (χ3v) is 6.49. The number of aromatic nitrogens is 2. The molecule has 4 heterocycles. The Hall–Kier alpha value is -2.19. The van der Waals surface area contributed by atoms with E-state index in [1.165, 1.54) is 0 Å². The number of nitrogens with zero attached hydrogens (tertiary/aromatic N) is 4. The van der Waals surface area contributed by atoms with Gasteiger partial charge in [0.05, 0.1) is 12.1 Å². The monoisotopic (exact) mass is 464 g/mol. The molecule has 0 aliphatic carbocycles. The predicted molar refractivity (Wildman–Crippen MR) is 122 cm³/mol. The van der Waals surface area contributed by atoms with Crippen molar-refractivity contribution < 1.29 is 19.0 Å². The molecular weight excluding hydrogens is 435 g/mol. The van der Waals surface area contributed by atoms with Crippen LogP contribution < -0.4 is 4.90 Å². The number of piperazine rings is 1. The molecule has 7 nitrogen and oxygen atoms in total. The number of aliphatic hydroxyl groups is 1. The van der Waals surface area contributed by atoms with Crippen molar-refractivity contribution in [2.45, 2.75) is 71.1 Å². The van der Waals surface area contributed by atoms with E-state index in [1.54, 1.807) is 6.20 Å². The molecule has 2 aliphatic heterocycles. The van der Waals surface area contributed by atoms with E-state index in [-0.39, 0.29) is 29.9 Å². The number of carbonyl (C=O) groups excluding carboxylic acids is 1. The summed E-state index contributed by atoms with van der Waals surface area (Å²) in [6.07, 6.45) is 4.15. The molecule has 2 aliphatic rings. The van der Waals surface area contributed by atoms with Crippen molar-refractivity contribution in [2.24, 2.45) is 0 Å². The summed E-state index contributed by atoms with van der Waals surface area (Å²) in [7, 11) is 0. The van der Waals surface area contributed by atoms with Gasteiger partial charge in [-0.3, -0.25) is 4.90 Å². The Bertz CT molecular complexity index is 1030. The lowest BCUT2D eigenvalue weighted by Gasteiger charge is -2.42. The Kier molecular flexibility index (Phi) is 6.20. The maximum absolute atomic E-state index is 15.0. The lowest BCUT2D eigenvalue weighted by atomic mass is 10.0. The van der Waals surface area contributed by atoms with Crippen LogP contribution in [0.15, 0.2) is 6.20 Å². The number of halogens is 2. The zero-order chi connectivity index (χ0) is 23.2. The number of fused-ring (bicyclic) bond motifs is 3. The second kappa shape index (κ2) is 8.63. The van der Waals surface area contributed by atoms with Gasteiger partial charge in [-0.2, -0.15) is 0 Å². The average Bonchev–Trinajstić information content (AvgIpc) is 2.99. The minimum absolute atomic E-state index is 0.00718. The molecule has 2 fully saturated rings. The zero-order valence-electron chi connectivity index (χ0n) is 19.0.